The normalized spacial score (nSPS) is 11.3. The van der Waals surface area contributed by atoms with E-state index in [0.29, 0.717) is 24.2 Å². The van der Waals surface area contributed by atoms with Crippen LogP contribution in [-0.2, 0) is 27.4 Å². The number of unbranched alkanes of at least 4 members (excludes halogenated alkanes) is 1. The van der Waals surface area contributed by atoms with Crippen molar-refractivity contribution in [2.24, 2.45) is 0 Å². The fraction of sp³-hybridized carbons (Fsp3) is 0.476. The maximum absolute atomic E-state index is 12.0. The van der Waals surface area contributed by atoms with Crippen LogP contribution in [0.3, 0.4) is 0 Å². The minimum Gasteiger partial charge on any atom is -0.456 e. The van der Waals surface area contributed by atoms with E-state index in [1.54, 1.807) is 19.1 Å². The van der Waals surface area contributed by atoms with Crippen molar-refractivity contribution in [1.82, 2.24) is 5.48 Å². The Morgan fingerprint density at radius 2 is 1.76 bits per heavy atom. The molecule has 0 unspecified atom stereocenters. The number of benzene rings is 1. The SMILES string of the molecule is Cc1oc(=O)oc1CONC(=O)CCCCc1ccc(C(=O)OC(C)(C)C)cc1. The number of carbonyl (C=O) groups is 2. The second kappa shape index (κ2) is 10.1. The second-order valence-electron chi connectivity index (χ2n) is 7.65. The summed E-state index contributed by atoms with van der Waals surface area (Å²) in [6.07, 6.45) is 2.60. The van der Waals surface area contributed by atoms with Gasteiger partial charge in [0.1, 0.15) is 18.0 Å². The fourth-order valence-electron chi connectivity index (χ4n) is 2.50. The maximum atomic E-state index is 12.0. The highest BCUT2D eigenvalue weighted by molar-refractivity contribution is 5.89. The first-order valence-electron chi connectivity index (χ1n) is 9.46. The Kier molecular flexibility index (Phi) is 7.78. The van der Waals surface area contributed by atoms with Gasteiger partial charge in [-0.3, -0.25) is 9.63 Å². The van der Waals surface area contributed by atoms with Crippen LogP contribution in [0.1, 0.15) is 67.5 Å². The number of amides is 1. The fourth-order valence-corrected chi connectivity index (χ4v) is 2.50. The lowest BCUT2D eigenvalue weighted by Gasteiger charge is -2.19. The van der Waals surface area contributed by atoms with E-state index in [2.05, 4.69) is 5.48 Å². The third-order valence-corrected chi connectivity index (χ3v) is 3.93. The Balaban J connectivity index is 1.64. The molecule has 1 heterocycles. The maximum Gasteiger partial charge on any atom is 0.519 e. The molecule has 0 fully saturated rings. The minimum atomic E-state index is -0.799. The number of hydrogen-bond donors (Lipinski definition) is 1. The molecule has 0 aliphatic carbocycles. The molecule has 0 atom stereocenters. The van der Waals surface area contributed by atoms with Gasteiger partial charge in [0.25, 0.3) is 0 Å². The van der Waals surface area contributed by atoms with Gasteiger partial charge in [0.15, 0.2) is 5.76 Å². The van der Waals surface area contributed by atoms with Gasteiger partial charge in [-0.1, -0.05) is 12.1 Å². The molecule has 2 rings (SSSR count). The van der Waals surface area contributed by atoms with Crippen LogP contribution in [0.15, 0.2) is 37.9 Å². The first-order valence-corrected chi connectivity index (χ1v) is 9.46. The number of nitrogens with one attached hydrogen (secondary N) is 1. The number of aryl methyl sites for hydroxylation is 2. The molecule has 8 nitrogen and oxygen atoms in total. The Morgan fingerprint density at radius 1 is 1.07 bits per heavy atom. The monoisotopic (exact) mass is 405 g/mol. The largest absolute Gasteiger partial charge is 0.519 e. The highest BCUT2D eigenvalue weighted by Gasteiger charge is 2.17. The van der Waals surface area contributed by atoms with E-state index >= 15 is 0 Å². The first kappa shape index (κ1) is 22.4. The minimum absolute atomic E-state index is 0.0761. The predicted molar refractivity (Wildman–Crippen MR) is 104 cm³/mol. The zero-order valence-corrected chi connectivity index (χ0v) is 17.2. The van der Waals surface area contributed by atoms with E-state index in [1.165, 1.54) is 0 Å². The Labute approximate surface area is 169 Å². The van der Waals surface area contributed by atoms with E-state index in [9.17, 15) is 14.4 Å². The van der Waals surface area contributed by atoms with Crippen molar-refractivity contribution in [2.45, 2.75) is 65.6 Å². The number of ether oxygens (including phenoxy) is 1. The molecule has 1 aromatic heterocycles. The third-order valence-electron chi connectivity index (χ3n) is 3.93. The summed E-state index contributed by atoms with van der Waals surface area (Å²) >= 11 is 0. The van der Waals surface area contributed by atoms with Gasteiger partial charge in [-0.25, -0.2) is 15.1 Å². The lowest BCUT2D eigenvalue weighted by Crippen LogP contribution is -2.23. The Bertz CT molecular complexity index is 872. The van der Waals surface area contributed by atoms with Gasteiger partial charge in [0, 0.05) is 6.42 Å². The van der Waals surface area contributed by atoms with Gasteiger partial charge in [0.05, 0.1) is 5.56 Å². The van der Waals surface area contributed by atoms with E-state index in [-0.39, 0.29) is 24.2 Å². The highest BCUT2D eigenvalue weighted by atomic mass is 16.7. The molecule has 158 valence electrons. The van der Waals surface area contributed by atoms with Gasteiger partial charge in [-0.2, -0.15) is 0 Å². The number of hydroxylamine groups is 1. The van der Waals surface area contributed by atoms with Crippen molar-refractivity contribution in [3.05, 3.63) is 57.5 Å². The Hall–Kier alpha value is -2.87. The molecule has 1 aromatic carbocycles. The van der Waals surface area contributed by atoms with Crippen molar-refractivity contribution in [1.29, 1.82) is 0 Å². The van der Waals surface area contributed by atoms with Crippen molar-refractivity contribution in [2.75, 3.05) is 0 Å². The summed E-state index contributed by atoms with van der Waals surface area (Å²) in [4.78, 5) is 39.7. The molecule has 2 aromatic rings. The molecular weight excluding hydrogens is 378 g/mol. The van der Waals surface area contributed by atoms with Crippen molar-refractivity contribution >= 4 is 11.9 Å². The topological polar surface area (TPSA) is 108 Å². The number of rotatable bonds is 9. The number of carbonyl (C=O) groups excluding carboxylic acids is 2. The molecule has 0 saturated carbocycles. The van der Waals surface area contributed by atoms with Crippen LogP contribution in [-0.4, -0.2) is 17.5 Å². The van der Waals surface area contributed by atoms with Crippen LogP contribution in [0.2, 0.25) is 0 Å². The molecule has 0 radical (unpaired) electrons. The van der Waals surface area contributed by atoms with Crippen LogP contribution >= 0.6 is 0 Å². The van der Waals surface area contributed by atoms with Gasteiger partial charge in [-0.15, -0.1) is 0 Å². The van der Waals surface area contributed by atoms with E-state index in [1.807, 2.05) is 32.9 Å². The molecule has 0 bridgehead atoms. The van der Waals surface area contributed by atoms with Crippen LogP contribution in [0.5, 0.6) is 0 Å². The number of hydrogen-bond acceptors (Lipinski definition) is 7. The van der Waals surface area contributed by atoms with Crippen LogP contribution in [0, 0.1) is 6.92 Å². The van der Waals surface area contributed by atoms with Crippen LogP contribution in [0.25, 0.3) is 0 Å². The van der Waals surface area contributed by atoms with E-state index in [0.717, 1.165) is 18.4 Å². The lowest BCUT2D eigenvalue weighted by atomic mass is 10.0. The summed E-state index contributed by atoms with van der Waals surface area (Å²) in [7, 11) is 0. The average molecular weight is 405 g/mol. The van der Waals surface area contributed by atoms with Crippen LogP contribution < -0.4 is 11.3 Å². The highest BCUT2D eigenvalue weighted by Crippen LogP contribution is 2.14. The third kappa shape index (κ3) is 7.95. The summed E-state index contributed by atoms with van der Waals surface area (Å²) in [5, 5.41) is 0. The summed E-state index contributed by atoms with van der Waals surface area (Å²) in [6, 6.07) is 7.28. The van der Waals surface area contributed by atoms with Crippen molar-refractivity contribution in [3.63, 3.8) is 0 Å². The standard InChI is InChI=1S/C21H27NO7/c1-14-17(28-20(25)27-14)13-26-22-18(23)8-6-5-7-15-9-11-16(12-10-15)19(24)29-21(2,3)4/h9-12H,5-8,13H2,1-4H3,(H,22,23). The average Bonchev–Trinajstić information content (AvgIpc) is 2.95. The molecule has 0 aliphatic heterocycles. The molecule has 0 aliphatic rings. The molecule has 0 spiro atoms. The predicted octanol–water partition coefficient (Wildman–Crippen LogP) is 3.46. The molecule has 8 heteroatoms. The molecular formula is C21H27NO7. The Morgan fingerprint density at radius 3 is 2.34 bits per heavy atom. The van der Waals surface area contributed by atoms with Gasteiger partial charge in [0.2, 0.25) is 5.91 Å². The summed E-state index contributed by atoms with van der Waals surface area (Å²) in [5.41, 5.74) is 3.39. The zero-order valence-electron chi connectivity index (χ0n) is 17.2. The molecule has 1 N–H and O–H groups in total. The smallest absolute Gasteiger partial charge is 0.456 e. The number of esters is 1. The van der Waals surface area contributed by atoms with Gasteiger partial charge >= 0.3 is 11.8 Å². The molecule has 1 amide bonds. The summed E-state index contributed by atoms with van der Waals surface area (Å²) in [6.45, 7) is 6.99. The summed E-state index contributed by atoms with van der Waals surface area (Å²) in [5.74, 6) is -0.835. The molecule has 0 saturated heterocycles. The van der Waals surface area contributed by atoms with Crippen LogP contribution in [0.4, 0.5) is 0 Å². The first-order chi connectivity index (χ1) is 13.6. The zero-order chi connectivity index (χ0) is 21.4. The summed E-state index contributed by atoms with van der Waals surface area (Å²) < 4.78 is 14.8. The quantitative estimate of drug-likeness (QED) is 0.387. The van der Waals surface area contributed by atoms with E-state index < -0.39 is 11.4 Å². The molecule has 29 heavy (non-hydrogen) atoms. The van der Waals surface area contributed by atoms with Gasteiger partial charge < -0.3 is 13.6 Å². The lowest BCUT2D eigenvalue weighted by molar-refractivity contribution is -0.135. The second-order valence-corrected chi connectivity index (χ2v) is 7.65. The van der Waals surface area contributed by atoms with Crippen molar-refractivity contribution in [3.8, 4) is 0 Å². The van der Waals surface area contributed by atoms with E-state index in [4.69, 9.17) is 18.4 Å². The van der Waals surface area contributed by atoms with Gasteiger partial charge in [-0.05, 0) is 64.7 Å². The van der Waals surface area contributed by atoms with Crippen molar-refractivity contribution < 1.29 is 28.0 Å².